The number of aromatic nitrogens is 2. The second-order valence-electron chi connectivity index (χ2n) is 3.92. The van der Waals surface area contributed by atoms with Crippen LogP contribution >= 0.6 is 0 Å². The molecule has 2 aromatic rings. The second kappa shape index (κ2) is 5.80. The van der Waals surface area contributed by atoms with Gasteiger partial charge in [0, 0.05) is 30.1 Å². The molecule has 0 unspecified atom stereocenters. The van der Waals surface area contributed by atoms with Gasteiger partial charge in [0.15, 0.2) is 0 Å². The number of carbonyl (C=O) groups excluding carboxylic acids is 1. The predicted molar refractivity (Wildman–Crippen MR) is 70.7 cm³/mol. The maximum atomic E-state index is 12.0. The highest BCUT2D eigenvalue weighted by Crippen LogP contribution is 2.22. The number of nitro groups is 1. The molecule has 0 spiro atoms. The lowest BCUT2D eigenvalue weighted by molar-refractivity contribution is -0.385. The van der Waals surface area contributed by atoms with Gasteiger partial charge in [-0.1, -0.05) is 0 Å². The Morgan fingerprint density at radius 2 is 2.30 bits per heavy atom. The average molecular weight is 276 g/mol. The number of nitro benzene ring substituents is 1. The van der Waals surface area contributed by atoms with Crippen LogP contribution in [0.5, 0.6) is 0 Å². The van der Waals surface area contributed by atoms with Crippen molar-refractivity contribution in [2.75, 3.05) is 5.43 Å². The number of aromatic amines is 1. The van der Waals surface area contributed by atoms with E-state index in [1.165, 1.54) is 18.2 Å². The van der Waals surface area contributed by atoms with Crippen LogP contribution in [0.2, 0.25) is 0 Å². The average Bonchev–Trinajstić information content (AvgIpc) is 2.97. The van der Waals surface area contributed by atoms with Gasteiger partial charge in [0.05, 0.1) is 11.1 Å². The van der Waals surface area contributed by atoms with Crippen LogP contribution in [-0.2, 0) is 6.54 Å². The van der Waals surface area contributed by atoms with Crippen molar-refractivity contribution in [2.24, 2.45) is 5.84 Å². The molecule has 1 amide bonds. The Balaban J connectivity index is 2.20. The number of nitrogens with one attached hydrogen (secondary N) is 3. The minimum Gasteiger partial charge on any atom is -0.348 e. The Labute approximate surface area is 113 Å². The Bertz CT molecular complexity index is 625. The Hall–Kier alpha value is -2.94. The molecule has 1 aromatic heterocycles. The molecule has 0 saturated heterocycles. The number of amides is 1. The zero-order chi connectivity index (χ0) is 14.5. The number of anilines is 1. The summed E-state index contributed by atoms with van der Waals surface area (Å²) in [6.07, 6.45) is 3.17. The van der Waals surface area contributed by atoms with E-state index in [1.54, 1.807) is 12.4 Å². The van der Waals surface area contributed by atoms with Crippen molar-refractivity contribution in [3.8, 4) is 0 Å². The molecule has 1 heterocycles. The van der Waals surface area contributed by atoms with Gasteiger partial charge < -0.3 is 10.7 Å². The molecule has 0 bridgehead atoms. The molecule has 0 atom stereocenters. The van der Waals surface area contributed by atoms with E-state index in [0.717, 1.165) is 5.56 Å². The van der Waals surface area contributed by atoms with Crippen molar-refractivity contribution >= 4 is 17.3 Å². The van der Waals surface area contributed by atoms with Gasteiger partial charge >= 0.3 is 0 Å². The molecule has 104 valence electrons. The lowest BCUT2D eigenvalue weighted by atomic mass is 10.1. The highest BCUT2D eigenvalue weighted by atomic mass is 16.6. The highest BCUT2D eigenvalue weighted by molar-refractivity contribution is 5.99. The van der Waals surface area contributed by atoms with E-state index < -0.39 is 10.8 Å². The van der Waals surface area contributed by atoms with Gasteiger partial charge in [-0.15, -0.1) is 0 Å². The minimum atomic E-state index is -0.618. The lowest BCUT2D eigenvalue weighted by Crippen LogP contribution is -2.24. The van der Waals surface area contributed by atoms with Crippen molar-refractivity contribution < 1.29 is 9.72 Å². The van der Waals surface area contributed by atoms with E-state index in [1.807, 2.05) is 0 Å². The molecule has 0 aliphatic rings. The summed E-state index contributed by atoms with van der Waals surface area (Å²) >= 11 is 0. The molecule has 2 rings (SSSR count). The van der Waals surface area contributed by atoms with Crippen LogP contribution in [0.25, 0.3) is 0 Å². The summed E-state index contributed by atoms with van der Waals surface area (Å²) < 4.78 is 0. The molecule has 0 saturated carbocycles. The molecular weight excluding hydrogens is 264 g/mol. The van der Waals surface area contributed by atoms with Gasteiger partial charge in [0.25, 0.3) is 11.6 Å². The van der Waals surface area contributed by atoms with Gasteiger partial charge in [-0.25, -0.2) is 0 Å². The normalized spacial score (nSPS) is 10.1. The fourth-order valence-electron chi connectivity index (χ4n) is 1.62. The van der Waals surface area contributed by atoms with Crippen molar-refractivity contribution in [1.82, 2.24) is 15.5 Å². The Morgan fingerprint density at radius 1 is 1.50 bits per heavy atom. The summed E-state index contributed by atoms with van der Waals surface area (Å²) in [5.41, 5.74) is 3.16. The van der Waals surface area contributed by atoms with E-state index in [-0.39, 0.29) is 17.8 Å². The molecule has 1 aromatic carbocycles. The maximum absolute atomic E-state index is 12.0. The van der Waals surface area contributed by atoms with Crippen LogP contribution in [-0.4, -0.2) is 21.0 Å². The monoisotopic (exact) mass is 276 g/mol. The van der Waals surface area contributed by atoms with Crippen LogP contribution < -0.4 is 16.6 Å². The van der Waals surface area contributed by atoms with Crippen molar-refractivity contribution in [1.29, 1.82) is 0 Å². The summed E-state index contributed by atoms with van der Waals surface area (Å²) in [6, 6.07) is 3.97. The van der Waals surface area contributed by atoms with Gasteiger partial charge in [-0.2, -0.15) is 5.10 Å². The third kappa shape index (κ3) is 2.90. The third-order valence-electron chi connectivity index (χ3n) is 2.61. The Kier molecular flexibility index (Phi) is 3.91. The maximum Gasteiger partial charge on any atom is 0.282 e. The molecule has 20 heavy (non-hydrogen) atoms. The number of nitrogens with two attached hydrogens (primary N) is 1. The fraction of sp³-hybridized carbons (Fsp3) is 0.0909. The predicted octanol–water partition coefficient (Wildman–Crippen LogP) is 0.533. The van der Waals surface area contributed by atoms with E-state index in [2.05, 4.69) is 20.9 Å². The van der Waals surface area contributed by atoms with Gasteiger partial charge in [0.1, 0.15) is 5.56 Å². The molecule has 0 fully saturated rings. The molecular formula is C11H12N6O3. The van der Waals surface area contributed by atoms with Gasteiger partial charge in [-0.05, 0) is 12.1 Å². The van der Waals surface area contributed by atoms with Crippen LogP contribution in [0, 0.1) is 10.1 Å². The standard InChI is InChI=1S/C11H12N6O3/c12-16-8-1-2-10(17(19)20)9(3-8)11(18)13-4-7-5-14-15-6-7/h1-3,5-6,16H,4,12H2,(H,13,18)(H,14,15). The molecule has 0 aliphatic carbocycles. The topological polar surface area (TPSA) is 139 Å². The molecule has 0 aliphatic heterocycles. The van der Waals surface area contributed by atoms with Crippen LogP contribution in [0.1, 0.15) is 15.9 Å². The Morgan fingerprint density at radius 3 is 2.90 bits per heavy atom. The van der Waals surface area contributed by atoms with Gasteiger partial charge in [-0.3, -0.25) is 25.9 Å². The number of hydrazine groups is 1. The third-order valence-corrected chi connectivity index (χ3v) is 2.61. The fourth-order valence-corrected chi connectivity index (χ4v) is 1.62. The summed E-state index contributed by atoms with van der Waals surface area (Å²) in [7, 11) is 0. The number of hydrogen-bond acceptors (Lipinski definition) is 6. The molecule has 9 heteroatoms. The lowest BCUT2D eigenvalue weighted by Gasteiger charge is -2.06. The SMILES string of the molecule is NNc1ccc([N+](=O)[O-])c(C(=O)NCc2cn[nH]c2)c1. The highest BCUT2D eigenvalue weighted by Gasteiger charge is 2.20. The molecule has 0 radical (unpaired) electrons. The number of rotatable bonds is 5. The van der Waals surface area contributed by atoms with Gasteiger partial charge in [0.2, 0.25) is 0 Å². The first kappa shape index (κ1) is 13.5. The van der Waals surface area contributed by atoms with Crippen molar-refractivity contribution in [3.05, 3.63) is 51.8 Å². The first-order valence-corrected chi connectivity index (χ1v) is 5.62. The van der Waals surface area contributed by atoms with Crippen molar-refractivity contribution in [2.45, 2.75) is 6.54 Å². The number of benzene rings is 1. The van der Waals surface area contributed by atoms with E-state index in [4.69, 9.17) is 5.84 Å². The number of nitrogens with zero attached hydrogens (tertiary/aromatic N) is 2. The van der Waals surface area contributed by atoms with Crippen LogP contribution in [0.15, 0.2) is 30.6 Å². The summed E-state index contributed by atoms with van der Waals surface area (Å²) in [5.74, 6) is 4.67. The largest absolute Gasteiger partial charge is 0.348 e. The number of H-pyrrole nitrogens is 1. The smallest absolute Gasteiger partial charge is 0.282 e. The zero-order valence-electron chi connectivity index (χ0n) is 10.3. The number of nitrogen functional groups attached to an aromatic ring is 1. The van der Waals surface area contributed by atoms with E-state index >= 15 is 0 Å². The zero-order valence-corrected chi connectivity index (χ0v) is 10.3. The minimum absolute atomic E-state index is 0.0612. The van der Waals surface area contributed by atoms with Crippen LogP contribution in [0.4, 0.5) is 11.4 Å². The number of carbonyl (C=O) groups is 1. The summed E-state index contributed by atoms with van der Waals surface area (Å²) in [4.78, 5) is 22.3. The summed E-state index contributed by atoms with van der Waals surface area (Å²) in [6.45, 7) is 0.215. The van der Waals surface area contributed by atoms with E-state index in [9.17, 15) is 14.9 Å². The summed E-state index contributed by atoms with van der Waals surface area (Å²) in [5, 5.41) is 19.8. The molecule has 5 N–H and O–H groups in total. The van der Waals surface area contributed by atoms with Crippen LogP contribution in [0.3, 0.4) is 0 Å². The first-order chi connectivity index (χ1) is 9.61. The first-order valence-electron chi connectivity index (χ1n) is 5.62. The number of hydrogen-bond donors (Lipinski definition) is 4. The van der Waals surface area contributed by atoms with E-state index in [0.29, 0.717) is 5.69 Å². The quantitative estimate of drug-likeness (QED) is 0.357. The molecule has 9 nitrogen and oxygen atoms in total. The second-order valence-corrected chi connectivity index (χ2v) is 3.92. The van der Waals surface area contributed by atoms with Crippen molar-refractivity contribution in [3.63, 3.8) is 0 Å².